The number of hydrogen-bond donors (Lipinski definition) is 1. The standard InChI is InChI=1S/C19H24N4O3.BrH/c1-4-24-11-15-22-16-17(13-7-5-6-8-14(13)21-18(16)20)23(15)9-12-10-25-19(2,3)26-12;/h5-8,12H,4,9-11H2,1-3H3,(H2,20,21);1H/t12-;/m0./s1. The van der Waals surface area contributed by atoms with Gasteiger partial charge >= 0.3 is 0 Å². The van der Waals surface area contributed by atoms with Crippen LogP contribution in [0.2, 0.25) is 0 Å². The Bertz CT molecular complexity index is 957. The number of anilines is 1. The van der Waals surface area contributed by atoms with Crippen molar-refractivity contribution in [1.82, 2.24) is 14.5 Å². The molecule has 0 aliphatic carbocycles. The van der Waals surface area contributed by atoms with E-state index in [-0.39, 0.29) is 23.1 Å². The van der Waals surface area contributed by atoms with Gasteiger partial charge in [0.2, 0.25) is 0 Å². The predicted octanol–water partition coefficient (Wildman–Crippen LogP) is 3.43. The lowest BCUT2D eigenvalue weighted by molar-refractivity contribution is -0.139. The van der Waals surface area contributed by atoms with Crippen molar-refractivity contribution in [1.29, 1.82) is 0 Å². The minimum atomic E-state index is -0.566. The SMILES string of the molecule is Br.CCOCc1nc2c(N)nc3ccccc3c2n1C[C@H]1COC(C)(C)O1. The van der Waals surface area contributed by atoms with Crippen molar-refractivity contribution in [3.05, 3.63) is 30.1 Å². The van der Waals surface area contributed by atoms with Crippen LogP contribution in [-0.2, 0) is 27.4 Å². The van der Waals surface area contributed by atoms with E-state index >= 15 is 0 Å². The third-order valence-corrected chi connectivity index (χ3v) is 4.58. The molecule has 3 heterocycles. The molecule has 27 heavy (non-hydrogen) atoms. The second-order valence-electron chi connectivity index (χ2n) is 6.94. The van der Waals surface area contributed by atoms with Gasteiger partial charge in [-0.15, -0.1) is 17.0 Å². The first-order valence-electron chi connectivity index (χ1n) is 8.91. The number of hydrogen-bond acceptors (Lipinski definition) is 6. The van der Waals surface area contributed by atoms with E-state index in [9.17, 15) is 0 Å². The molecule has 2 N–H and O–H groups in total. The third kappa shape index (κ3) is 3.80. The van der Waals surface area contributed by atoms with Crippen molar-refractivity contribution < 1.29 is 14.2 Å². The zero-order valence-electron chi connectivity index (χ0n) is 15.8. The van der Waals surface area contributed by atoms with Crippen molar-refractivity contribution in [3.8, 4) is 0 Å². The number of fused-ring (bicyclic) bond motifs is 3. The van der Waals surface area contributed by atoms with Gasteiger partial charge in [0.15, 0.2) is 11.6 Å². The van der Waals surface area contributed by atoms with E-state index in [1.807, 2.05) is 45.0 Å². The molecule has 0 spiro atoms. The molecular formula is C19H25BrN4O3. The lowest BCUT2D eigenvalue weighted by Crippen LogP contribution is -2.25. The van der Waals surface area contributed by atoms with Gasteiger partial charge in [0, 0.05) is 12.0 Å². The Morgan fingerprint density at radius 3 is 2.78 bits per heavy atom. The number of rotatable bonds is 5. The van der Waals surface area contributed by atoms with Gasteiger partial charge in [-0.3, -0.25) is 0 Å². The number of aromatic nitrogens is 3. The maximum Gasteiger partial charge on any atom is 0.163 e. The van der Waals surface area contributed by atoms with Gasteiger partial charge in [0.05, 0.1) is 24.2 Å². The Kier molecular flexibility index (Phi) is 5.71. The fraction of sp³-hybridized carbons (Fsp3) is 0.474. The molecule has 0 saturated carbocycles. The summed E-state index contributed by atoms with van der Waals surface area (Å²) >= 11 is 0. The predicted molar refractivity (Wildman–Crippen MR) is 110 cm³/mol. The molecule has 1 aromatic carbocycles. The number of halogens is 1. The molecule has 146 valence electrons. The molecule has 1 fully saturated rings. The Labute approximate surface area is 168 Å². The number of nitrogens with zero attached hydrogens (tertiary/aromatic N) is 3. The lowest BCUT2D eigenvalue weighted by atomic mass is 10.2. The zero-order chi connectivity index (χ0) is 18.3. The van der Waals surface area contributed by atoms with E-state index in [0.29, 0.717) is 37.7 Å². The summed E-state index contributed by atoms with van der Waals surface area (Å²) in [4.78, 5) is 9.23. The largest absolute Gasteiger partial charge is 0.382 e. The summed E-state index contributed by atoms with van der Waals surface area (Å²) in [5, 5.41) is 1.02. The fourth-order valence-electron chi connectivity index (χ4n) is 3.46. The van der Waals surface area contributed by atoms with Gasteiger partial charge in [-0.25, -0.2) is 9.97 Å². The molecule has 2 aromatic heterocycles. The molecule has 0 unspecified atom stereocenters. The number of nitrogen functional groups attached to an aromatic ring is 1. The van der Waals surface area contributed by atoms with Crippen LogP contribution in [0.25, 0.3) is 21.9 Å². The topological polar surface area (TPSA) is 84.4 Å². The molecule has 1 aliphatic rings. The summed E-state index contributed by atoms with van der Waals surface area (Å²) in [6.07, 6.45) is -0.0593. The minimum Gasteiger partial charge on any atom is -0.382 e. The smallest absolute Gasteiger partial charge is 0.163 e. The third-order valence-electron chi connectivity index (χ3n) is 4.58. The molecule has 4 rings (SSSR count). The zero-order valence-corrected chi connectivity index (χ0v) is 17.5. The molecule has 1 atom stereocenters. The van der Waals surface area contributed by atoms with Crippen LogP contribution in [0.15, 0.2) is 24.3 Å². The first-order chi connectivity index (χ1) is 12.5. The number of benzene rings is 1. The van der Waals surface area contributed by atoms with Crippen molar-refractivity contribution in [2.45, 2.75) is 45.8 Å². The van der Waals surface area contributed by atoms with Crippen LogP contribution in [-0.4, -0.2) is 39.6 Å². The van der Waals surface area contributed by atoms with Crippen LogP contribution in [0.4, 0.5) is 5.82 Å². The Morgan fingerprint density at radius 1 is 1.30 bits per heavy atom. The summed E-state index contributed by atoms with van der Waals surface area (Å²) in [5.74, 6) is 0.684. The summed E-state index contributed by atoms with van der Waals surface area (Å²) in [6.45, 7) is 8.02. The molecule has 0 amide bonds. The highest BCUT2D eigenvalue weighted by molar-refractivity contribution is 8.93. The average molecular weight is 437 g/mol. The number of ether oxygens (including phenoxy) is 3. The quantitative estimate of drug-likeness (QED) is 0.659. The fourth-order valence-corrected chi connectivity index (χ4v) is 3.46. The van der Waals surface area contributed by atoms with Gasteiger partial charge in [-0.1, -0.05) is 18.2 Å². The van der Waals surface area contributed by atoms with Crippen LogP contribution in [0.3, 0.4) is 0 Å². The molecule has 8 heteroatoms. The van der Waals surface area contributed by atoms with Crippen molar-refractivity contribution in [3.63, 3.8) is 0 Å². The van der Waals surface area contributed by atoms with E-state index in [2.05, 4.69) is 9.55 Å². The summed E-state index contributed by atoms with van der Waals surface area (Å²) in [7, 11) is 0. The van der Waals surface area contributed by atoms with Crippen molar-refractivity contribution >= 4 is 44.7 Å². The Balaban J connectivity index is 0.00000210. The second kappa shape index (κ2) is 7.71. The highest BCUT2D eigenvalue weighted by Crippen LogP contribution is 2.31. The van der Waals surface area contributed by atoms with Crippen LogP contribution in [0.1, 0.15) is 26.6 Å². The van der Waals surface area contributed by atoms with Crippen LogP contribution < -0.4 is 5.73 Å². The summed E-state index contributed by atoms with van der Waals surface area (Å²) in [5.41, 5.74) is 8.73. The Hall–Kier alpha value is -1.74. The van der Waals surface area contributed by atoms with E-state index < -0.39 is 5.79 Å². The van der Waals surface area contributed by atoms with Gasteiger partial charge in [0.1, 0.15) is 24.1 Å². The number of imidazole rings is 1. The molecular weight excluding hydrogens is 412 g/mol. The molecule has 0 bridgehead atoms. The van der Waals surface area contributed by atoms with Crippen molar-refractivity contribution in [2.75, 3.05) is 18.9 Å². The second-order valence-corrected chi connectivity index (χ2v) is 6.94. The molecule has 1 aliphatic heterocycles. The molecule has 1 saturated heterocycles. The summed E-state index contributed by atoms with van der Waals surface area (Å²) in [6, 6.07) is 7.96. The average Bonchev–Trinajstić information content (AvgIpc) is 3.14. The van der Waals surface area contributed by atoms with E-state index in [4.69, 9.17) is 24.9 Å². The van der Waals surface area contributed by atoms with E-state index in [1.165, 1.54) is 0 Å². The van der Waals surface area contributed by atoms with Crippen molar-refractivity contribution in [2.24, 2.45) is 0 Å². The maximum absolute atomic E-state index is 6.20. The molecule has 0 radical (unpaired) electrons. The minimum absolute atomic E-state index is 0. The van der Waals surface area contributed by atoms with Crippen LogP contribution >= 0.6 is 17.0 Å². The van der Waals surface area contributed by atoms with Crippen LogP contribution in [0, 0.1) is 0 Å². The molecule has 7 nitrogen and oxygen atoms in total. The van der Waals surface area contributed by atoms with Crippen LogP contribution in [0.5, 0.6) is 0 Å². The van der Waals surface area contributed by atoms with Gasteiger partial charge in [-0.05, 0) is 26.8 Å². The first kappa shape index (κ1) is 20.0. The number of pyridine rings is 1. The van der Waals surface area contributed by atoms with E-state index in [1.54, 1.807) is 0 Å². The Morgan fingerprint density at radius 2 is 2.07 bits per heavy atom. The van der Waals surface area contributed by atoms with Gasteiger partial charge in [-0.2, -0.15) is 0 Å². The maximum atomic E-state index is 6.20. The number of para-hydroxylation sites is 1. The summed E-state index contributed by atoms with van der Waals surface area (Å²) < 4.78 is 19.5. The highest BCUT2D eigenvalue weighted by Gasteiger charge is 2.33. The molecule has 3 aromatic rings. The van der Waals surface area contributed by atoms with Gasteiger partial charge < -0.3 is 24.5 Å². The first-order valence-corrected chi connectivity index (χ1v) is 8.91. The normalized spacial score (nSPS) is 18.9. The monoisotopic (exact) mass is 436 g/mol. The lowest BCUT2D eigenvalue weighted by Gasteiger charge is -2.18. The van der Waals surface area contributed by atoms with Gasteiger partial charge in [0.25, 0.3) is 0 Å². The number of nitrogens with two attached hydrogens (primary N) is 1. The van der Waals surface area contributed by atoms with E-state index in [0.717, 1.165) is 22.2 Å². The highest BCUT2D eigenvalue weighted by atomic mass is 79.9.